The molecule has 0 spiro atoms. The molecule has 2 rings (SSSR count). The Balaban J connectivity index is 2.43. The van der Waals surface area contributed by atoms with Crippen LogP contribution in [0.3, 0.4) is 0 Å². The third-order valence-corrected chi connectivity index (χ3v) is 2.67. The first kappa shape index (κ1) is 10.0. The average Bonchev–Trinajstić information content (AvgIpc) is 2.59. The van der Waals surface area contributed by atoms with Gasteiger partial charge in [-0.15, -0.1) is 0 Å². The topological polar surface area (TPSA) is 4.93 Å². The maximum Gasteiger partial charge on any atom is 0.0482 e. The number of fused-ring (bicyclic) bond motifs is 1. The third-order valence-electron chi connectivity index (χ3n) is 2.67. The molecule has 1 aromatic heterocycles. The van der Waals surface area contributed by atoms with Gasteiger partial charge in [0, 0.05) is 23.7 Å². The van der Waals surface area contributed by atoms with Gasteiger partial charge < -0.3 is 4.57 Å². The van der Waals surface area contributed by atoms with E-state index in [0.29, 0.717) is 0 Å². The lowest BCUT2D eigenvalue weighted by Gasteiger charge is -2.08. The predicted molar refractivity (Wildman–Crippen MR) is 66.6 cm³/mol. The van der Waals surface area contributed by atoms with Gasteiger partial charge >= 0.3 is 0 Å². The van der Waals surface area contributed by atoms with Crippen LogP contribution in [0.25, 0.3) is 17.8 Å². The summed E-state index contributed by atoms with van der Waals surface area (Å²) < 4.78 is 2.18. The molecule has 1 heterocycles. The van der Waals surface area contributed by atoms with Gasteiger partial charge in [-0.1, -0.05) is 30.9 Å². The smallest absolute Gasteiger partial charge is 0.0482 e. The van der Waals surface area contributed by atoms with Crippen LogP contribution in [0, 0.1) is 0 Å². The molecule has 0 saturated carbocycles. The summed E-state index contributed by atoms with van der Waals surface area (Å²) in [6, 6.07) is 2.16. The predicted octanol–water partition coefficient (Wildman–Crippen LogP) is 2.28. The van der Waals surface area contributed by atoms with E-state index in [9.17, 15) is 0 Å². The summed E-state index contributed by atoms with van der Waals surface area (Å²) in [5, 5.41) is 2.64. The zero-order chi connectivity index (χ0) is 10.8. The molecule has 1 aromatic rings. The highest BCUT2D eigenvalue weighted by atomic mass is 15.0. The van der Waals surface area contributed by atoms with Gasteiger partial charge in [-0.25, -0.2) is 0 Å². The summed E-state index contributed by atoms with van der Waals surface area (Å²) >= 11 is 0. The van der Waals surface area contributed by atoms with Gasteiger partial charge in [0.05, 0.1) is 0 Å². The van der Waals surface area contributed by atoms with Crippen LogP contribution in [0.15, 0.2) is 31.0 Å². The first-order valence-electron chi connectivity index (χ1n) is 5.39. The van der Waals surface area contributed by atoms with Crippen LogP contribution in [0.2, 0.25) is 0 Å². The van der Waals surface area contributed by atoms with Crippen LogP contribution in [0.5, 0.6) is 0 Å². The lowest BCUT2D eigenvalue weighted by Crippen LogP contribution is -2.30. The fourth-order valence-electron chi connectivity index (χ4n) is 2.02. The van der Waals surface area contributed by atoms with Gasteiger partial charge in [0.1, 0.15) is 0 Å². The molecule has 0 aliphatic heterocycles. The second-order valence-corrected chi connectivity index (χ2v) is 4.21. The van der Waals surface area contributed by atoms with E-state index in [-0.39, 0.29) is 0 Å². The highest BCUT2D eigenvalue weighted by Gasteiger charge is 2.02. The summed E-state index contributed by atoms with van der Waals surface area (Å²) in [7, 11) is 0. The summed E-state index contributed by atoms with van der Waals surface area (Å²) in [6.45, 7) is 10.1. The van der Waals surface area contributed by atoms with Crippen molar-refractivity contribution in [2.24, 2.45) is 0 Å². The molecular formula is C14H17N. The first-order chi connectivity index (χ1) is 7.18. The van der Waals surface area contributed by atoms with Gasteiger partial charge in [0.25, 0.3) is 0 Å². The molecular weight excluding hydrogens is 182 g/mol. The Morgan fingerprint density at radius 3 is 2.80 bits per heavy atom. The van der Waals surface area contributed by atoms with Crippen molar-refractivity contribution >= 4 is 17.8 Å². The van der Waals surface area contributed by atoms with Gasteiger partial charge in [-0.2, -0.15) is 0 Å². The molecule has 15 heavy (non-hydrogen) atoms. The summed E-state index contributed by atoms with van der Waals surface area (Å²) in [4.78, 5) is 0. The molecule has 0 bridgehead atoms. The fraction of sp³-hybridized carbons (Fsp3) is 0.286. The maximum atomic E-state index is 4.11. The molecule has 0 atom stereocenters. The molecule has 0 radical (unpaired) electrons. The van der Waals surface area contributed by atoms with Crippen LogP contribution in [0.4, 0.5) is 0 Å². The highest BCUT2D eigenvalue weighted by molar-refractivity contribution is 5.49. The van der Waals surface area contributed by atoms with E-state index < -0.39 is 0 Å². The van der Waals surface area contributed by atoms with Crippen molar-refractivity contribution in [2.75, 3.05) is 0 Å². The SMILES string of the molecule is C=C(C)CC(=C)n1ccc2c1=CCCC=2. The Morgan fingerprint density at radius 1 is 1.33 bits per heavy atom. The second kappa shape index (κ2) is 3.93. The average molecular weight is 199 g/mol. The lowest BCUT2D eigenvalue weighted by molar-refractivity contribution is 0.978. The molecule has 1 aliphatic carbocycles. The van der Waals surface area contributed by atoms with Crippen LogP contribution in [0.1, 0.15) is 26.2 Å². The lowest BCUT2D eigenvalue weighted by atomic mass is 10.1. The summed E-state index contributed by atoms with van der Waals surface area (Å²) in [5.74, 6) is 0. The van der Waals surface area contributed by atoms with Gasteiger partial charge in [-0.05, 0) is 31.1 Å². The number of nitrogens with zero attached hydrogens (tertiary/aromatic N) is 1. The normalized spacial score (nSPS) is 13.7. The second-order valence-electron chi connectivity index (χ2n) is 4.21. The fourth-order valence-corrected chi connectivity index (χ4v) is 2.02. The van der Waals surface area contributed by atoms with Crippen LogP contribution < -0.4 is 10.6 Å². The van der Waals surface area contributed by atoms with Crippen molar-refractivity contribution in [3.63, 3.8) is 0 Å². The van der Waals surface area contributed by atoms with Gasteiger partial charge in [0.2, 0.25) is 0 Å². The number of aromatic nitrogens is 1. The van der Waals surface area contributed by atoms with E-state index in [0.717, 1.165) is 30.5 Å². The first-order valence-corrected chi connectivity index (χ1v) is 5.39. The van der Waals surface area contributed by atoms with E-state index in [1.165, 1.54) is 10.6 Å². The third kappa shape index (κ3) is 1.96. The molecule has 1 nitrogen and oxygen atoms in total. The molecule has 0 aromatic carbocycles. The number of hydrogen-bond donors (Lipinski definition) is 0. The van der Waals surface area contributed by atoms with Crippen LogP contribution >= 0.6 is 0 Å². The van der Waals surface area contributed by atoms with E-state index in [4.69, 9.17) is 0 Å². The minimum absolute atomic E-state index is 0.870. The van der Waals surface area contributed by atoms with Crippen molar-refractivity contribution in [2.45, 2.75) is 26.2 Å². The molecule has 0 saturated heterocycles. The van der Waals surface area contributed by atoms with Crippen LogP contribution in [-0.4, -0.2) is 4.57 Å². The summed E-state index contributed by atoms with van der Waals surface area (Å²) in [6.07, 6.45) is 9.85. The Labute approximate surface area is 90.7 Å². The van der Waals surface area contributed by atoms with E-state index in [1.807, 2.05) is 6.92 Å². The monoisotopic (exact) mass is 199 g/mol. The van der Waals surface area contributed by atoms with Crippen molar-refractivity contribution in [1.82, 2.24) is 4.57 Å². The standard InChI is InChI=1S/C14H17N/c1-11(2)10-12(3)15-9-8-13-6-4-5-7-14(13)15/h6-9H,1,3-5,10H2,2H3. The molecule has 1 heteroatoms. The van der Waals surface area contributed by atoms with Crippen molar-refractivity contribution in [1.29, 1.82) is 0 Å². The number of rotatable bonds is 3. The molecule has 0 fully saturated rings. The zero-order valence-electron chi connectivity index (χ0n) is 9.29. The van der Waals surface area contributed by atoms with Crippen LogP contribution in [-0.2, 0) is 0 Å². The largest absolute Gasteiger partial charge is 0.321 e. The molecule has 78 valence electrons. The molecule has 0 N–H and O–H groups in total. The Kier molecular flexibility index (Phi) is 2.63. The molecule has 0 unspecified atom stereocenters. The number of hydrogen-bond acceptors (Lipinski definition) is 0. The maximum absolute atomic E-state index is 4.11. The minimum Gasteiger partial charge on any atom is -0.321 e. The zero-order valence-corrected chi connectivity index (χ0v) is 9.29. The Bertz CT molecular complexity index is 514. The van der Waals surface area contributed by atoms with Crippen molar-refractivity contribution in [3.8, 4) is 0 Å². The summed E-state index contributed by atoms with van der Waals surface area (Å²) in [5.41, 5.74) is 2.26. The molecule has 1 aliphatic rings. The quantitative estimate of drug-likeness (QED) is 0.658. The van der Waals surface area contributed by atoms with Gasteiger partial charge in [-0.3, -0.25) is 0 Å². The Morgan fingerprint density at radius 2 is 2.07 bits per heavy atom. The van der Waals surface area contributed by atoms with E-state index in [1.54, 1.807) is 0 Å². The Hall–Kier alpha value is -1.50. The van der Waals surface area contributed by atoms with Gasteiger partial charge in [0.15, 0.2) is 0 Å². The molecule has 0 amide bonds. The van der Waals surface area contributed by atoms with E-state index in [2.05, 4.69) is 42.1 Å². The van der Waals surface area contributed by atoms with E-state index >= 15 is 0 Å². The van der Waals surface area contributed by atoms with Crippen molar-refractivity contribution < 1.29 is 0 Å². The number of allylic oxidation sites excluding steroid dienone is 2. The minimum atomic E-state index is 0.870. The highest BCUT2D eigenvalue weighted by Crippen LogP contribution is 2.10. The van der Waals surface area contributed by atoms with Crippen molar-refractivity contribution in [3.05, 3.63) is 41.6 Å².